The highest BCUT2D eigenvalue weighted by atomic mass is 36.0. The highest BCUT2D eigenvalue weighted by Gasteiger charge is 1.93. The van der Waals surface area contributed by atoms with Crippen molar-refractivity contribution in [2.75, 3.05) is 0 Å². The normalized spacial score (nSPS) is 10.4. The third-order valence-corrected chi connectivity index (χ3v) is 1.81. The van der Waals surface area contributed by atoms with Crippen molar-refractivity contribution in [2.45, 2.75) is 6.92 Å². The van der Waals surface area contributed by atoms with E-state index >= 15 is 0 Å². The fourth-order valence-electron chi connectivity index (χ4n) is 0.601. The molecule has 0 aromatic heterocycles. The lowest BCUT2D eigenvalue weighted by Crippen LogP contribution is -1.70. The zero-order chi connectivity index (χ0) is 11.4. The molecular formula is C7H6Cl4O2S. The summed E-state index contributed by atoms with van der Waals surface area (Å²) < 4.78 is 18.3. The van der Waals surface area contributed by atoms with Gasteiger partial charge < -0.3 is 0 Å². The smallest absolute Gasteiger partial charge is 0.195 e. The molecular weight excluding hydrogens is 290 g/mol. The van der Waals surface area contributed by atoms with Gasteiger partial charge in [-0.3, -0.25) is 0 Å². The lowest BCUT2D eigenvalue weighted by Gasteiger charge is -1.94. The molecule has 1 aromatic carbocycles. The summed E-state index contributed by atoms with van der Waals surface area (Å²) in [7, 11) is 4.81. The molecule has 0 spiro atoms. The Bertz CT molecular complexity index is 394. The second-order valence-electron chi connectivity index (χ2n) is 2.30. The zero-order valence-electron chi connectivity index (χ0n) is 6.97. The monoisotopic (exact) mass is 294 g/mol. The Labute approximate surface area is 102 Å². The molecule has 2 nitrogen and oxygen atoms in total. The fourth-order valence-corrected chi connectivity index (χ4v) is 0.954. The van der Waals surface area contributed by atoms with E-state index in [9.17, 15) is 0 Å². The fraction of sp³-hybridized carbons (Fsp3) is 0.143. The maximum Gasteiger partial charge on any atom is 0.317 e. The molecule has 0 aliphatic rings. The van der Waals surface area contributed by atoms with Crippen LogP contribution in [0.5, 0.6) is 0 Å². The number of aryl methyl sites for hydroxylation is 1. The van der Waals surface area contributed by atoms with Crippen molar-refractivity contribution in [2.24, 2.45) is 0 Å². The third kappa shape index (κ3) is 8.91. The van der Waals surface area contributed by atoms with E-state index in [1.54, 1.807) is 6.07 Å². The lowest BCUT2D eigenvalue weighted by molar-refractivity contribution is 0.621. The first-order chi connectivity index (χ1) is 6.20. The SMILES string of the molecule is Cc1ccc(Cl)c(Cl)c1.O=S(=O)(Cl)Cl. The van der Waals surface area contributed by atoms with E-state index in [0.29, 0.717) is 10.0 Å². The Hall–Kier alpha value is 0.330. The van der Waals surface area contributed by atoms with Gasteiger partial charge in [0.15, 0.2) is 0 Å². The number of rotatable bonds is 0. The van der Waals surface area contributed by atoms with E-state index in [0.717, 1.165) is 5.56 Å². The maximum absolute atomic E-state index is 9.16. The zero-order valence-corrected chi connectivity index (χ0v) is 10.8. The van der Waals surface area contributed by atoms with Crippen molar-refractivity contribution in [3.8, 4) is 0 Å². The van der Waals surface area contributed by atoms with E-state index in [1.807, 2.05) is 19.1 Å². The van der Waals surface area contributed by atoms with Crippen LogP contribution in [-0.4, -0.2) is 8.42 Å². The second kappa shape index (κ2) is 6.03. The molecule has 0 saturated heterocycles. The predicted molar refractivity (Wildman–Crippen MR) is 61.8 cm³/mol. The van der Waals surface area contributed by atoms with E-state index < -0.39 is 8.26 Å². The van der Waals surface area contributed by atoms with E-state index in [4.69, 9.17) is 31.6 Å². The van der Waals surface area contributed by atoms with Gasteiger partial charge in [0.2, 0.25) is 0 Å². The minimum absolute atomic E-state index is 0.613. The molecule has 1 aromatic rings. The van der Waals surface area contributed by atoms with Crippen molar-refractivity contribution >= 4 is 52.8 Å². The van der Waals surface area contributed by atoms with Crippen molar-refractivity contribution in [1.29, 1.82) is 0 Å². The third-order valence-electron chi connectivity index (χ3n) is 1.08. The van der Waals surface area contributed by atoms with Crippen LogP contribution in [0, 0.1) is 6.92 Å². The van der Waals surface area contributed by atoms with Crippen LogP contribution in [0.25, 0.3) is 0 Å². The number of halogens is 4. The average molecular weight is 296 g/mol. The molecule has 1 rings (SSSR count). The molecule has 7 heteroatoms. The number of hydrogen-bond acceptors (Lipinski definition) is 2. The standard InChI is InChI=1S/C7H6Cl2.Cl2O2S/c1-5-2-3-6(8)7(9)4-5;1-5(2,3)4/h2-4H,1H3;. The van der Waals surface area contributed by atoms with Crippen LogP contribution in [0.4, 0.5) is 0 Å². The minimum Gasteiger partial charge on any atom is -0.195 e. The molecule has 0 atom stereocenters. The van der Waals surface area contributed by atoms with Gasteiger partial charge in [-0.2, -0.15) is 8.42 Å². The Kier molecular flexibility index (Phi) is 6.17. The molecule has 0 fully saturated rings. The van der Waals surface area contributed by atoms with E-state index in [2.05, 4.69) is 21.4 Å². The topological polar surface area (TPSA) is 34.1 Å². The van der Waals surface area contributed by atoms with Crippen LogP contribution in [0.15, 0.2) is 18.2 Å². The van der Waals surface area contributed by atoms with Crippen LogP contribution < -0.4 is 0 Å². The molecule has 0 N–H and O–H groups in total. The van der Waals surface area contributed by atoms with Gasteiger partial charge in [-0.05, 0) is 24.6 Å². The first kappa shape index (κ1) is 14.3. The summed E-state index contributed by atoms with van der Waals surface area (Å²) in [4.78, 5) is 0. The molecule has 0 heterocycles. The average Bonchev–Trinajstić information content (AvgIpc) is 1.94. The van der Waals surface area contributed by atoms with Gasteiger partial charge in [0.05, 0.1) is 10.0 Å². The van der Waals surface area contributed by atoms with Gasteiger partial charge in [0.1, 0.15) is 0 Å². The lowest BCUT2D eigenvalue weighted by atomic mass is 10.2. The summed E-state index contributed by atoms with van der Waals surface area (Å²) in [6.45, 7) is 1.97. The summed E-state index contributed by atoms with van der Waals surface area (Å²) in [6, 6.07) is 5.55. The molecule has 80 valence electrons. The van der Waals surface area contributed by atoms with Gasteiger partial charge in [-0.25, -0.2) is 0 Å². The van der Waals surface area contributed by atoms with Crippen molar-refractivity contribution < 1.29 is 8.42 Å². The van der Waals surface area contributed by atoms with Crippen LogP contribution in [-0.2, 0) is 8.26 Å². The molecule has 0 aliphatic carbocycles. The Morgan fingerprint density at radius 2 is 1.50 bits per heavy atom. The number of hydrogen-bond donors (Lipinski definition) is 0. The van der Waals surface area contributed by atoms with Gasteiger partial charge in [0, 0.05) is 21.4 Å². The van der Waals surface area contributed by atoms with Crippen LogP contribution in [0.2, 0.25) is 10.0 Å². The van der Waals surface area contributed by atoms with Gasteiger partial charge in [-0.15, -0.1) is 0 Å². The molecule has 0 saturated carbocycles. The summed E-state index contributed by atoms with van der Waals surface area (Å²) in [5.74, 6) is 0. The highest BCUT2D eigenvalue weighted by molar-refractivity contribution is 8.31. The molecule has 0 unspecified atom stereocenters. The minimum atomic E-state index is -3.72. The first-order valence-electron chi connectivity index (χ1n) is 3.26. The Morgan fingerprint density at radius 3 is 1.79 bits per heavy atom. The molecule has 0 bridgehead atoms. The van der Waals surface area contributed by atoms with Gasteiger partial charge in [0.25, 0.3) is 0 Å². The van der Waals surface area contributed by atoms with Crippen LogP contribution in [0.3, 0.4) is 0 Å². The summed E-state index contributed by atoms with van der Waals surface area (Å²) >= 11 is 11.3. The first-order valence-corrected chi connectivity index (χ1v) is 7.15. The van der Waals surface area contributed by atoms with E-state index in [-0.39, 0.29) is 0 Å². The van der Waals surface area contributed by atoms with Crippen molar-refractivity contribution in [1.82, 2.24) is 0 Å². The predicted octanol–water partition coefficient (Wildman–Crippen LogP) is 4.01. The molecule has 14 heavy (non-hydrogen) atoms. The molecule has 0 amide bonds. The summed E-state index contributed by atoms with van der Waals surface area (Å²) in [5, 5.41) is 1.24. The van der Waals surface area contributed by atoms with Crippen LogP contribution >= 0.6 is 44.6 Å². The van der Waals surface area contributed by atoms with Gasteiger partial charge in [-0.1, -0.05) is 29.3 Å². The highest BCUT2D eigenvalue weighted by Crippen LogP contribution is 2.21. The molecule has 0 radical (unpaired) electrons. The van der Waals surface area contributed by atoms with Crippen molar-refractivity contribution in [3.63, 3.8) is 0 Å². The number of benzene rings is 1. The van der Waals surface area contributed by atoms with Crippen LogP contribution in [0.1, 0.15) is 5.56 Å². The second-order valence-corrected chi connectivity index (χ2v) is 6.78. The Balaban J connectivity index is 0.000000292. The van der Waals surface area contributed by atoms with E-state index in [1.165, 1.54) is 0 Å². The Morgan fingerprint density at radius 1 is 1.07 bits per heavy atom. The van der Waals surface area contributed by atoms with Crippen molar-refractivity contribution in [3.05, 3.63) is 33.8 Å². The quantitative estimate of drug-likeness (QED) is 0.678. The maximum atomic E-state index is 9.16. The summed E-state index contributed by atoms with van der Waals surface area (Å²) in [6.07, 6.45) is 0. The molecule has 0 aliphatic heterocycles. The van der Waals surface area contributed by atoms with Gasteiger partial charge >= 0.3 is 8.26 Å². The summed E-state index contributed by atoms with van der Waals surface area (Å²) in [5.41, 5.74) is 1.13. The largest absolute Gasteiger partial charge is 0.317 e.